The normalized spacial score (nSPS) is 14.0. The zero-order chi connectivity index (χ0) is 26.8. The summed E-state index contributed by atoms with van der Waals surface area (Å²) in [4.78, 5) is 61.9. The SMILES string of the molecule is COC(=O)C(C(=O)OC)[C@@H](C)[C@@H](NC(=O)[C@H](O)[C@@H](NC(=O)c1ccccc1)c1ccccc1)C(=O)O. The fourth-order valence-corrected chi connectivity index (χ4v) is 3.60. The van der Waals surface area contributed by atoms with Gasteiger partial charge < -0.3 is 30.3 Å². The van der Waals surface area contributed by atoms with E-state index >= 15 is 0 Å². The average molecular weight is 501 g/mol. The van der Waals surface area contributed by atoms with Gasteiger partial charge in [-0.05, 0) is 17.7 Å². The molecule has 0 spiro atoms. The minimum atomic E-state index is -1.93. The first-order chi connectivity index (χ1) is 17.1. The molecule has 0 aliphatic rings. The Morgan fingerprint density at radius 1 is 0.806 bits per heavy atom. The van der Waals surface area contributed by atoms with Crippen LogP contribution in [-0.2, 0) is 28.7 Å². The average Bonchev–Trinajstić information content (AvgIpc) is 2.90. The van der Waals surface area contributed by atoms with Crippen LogP contribution in [-0.4, -0.2) is 66.3 Å². The second kappa shape index (κ2) is 13.0. The monoisotopic (exact) mass is 500 g/mol. The van der Waals surface area contributed by atoms with Gasteiger partial charge in [0.2, 0.25) is 0 Å². The van der Waals surface area contributed by atoms with Gasteiger partial charge in [-0.15, -0.1) is 0 Å². The molecule has 2 aromatic rings. The molecule has 11 nitrogen and oxygen atoms in total. The molecule has 0 bridgehead atoms. The molecule has 0 radical (unpaired) electrons. The van der Waals surface area contributed by atoms with Gasteiger partial charge in [0.25, 0.3) is 11.8 Å². The van der Waals surface area contributed by atoms with Crippen molar-refractivity contribution in [2.24, 2.45) is 11.8 Å². The van der Waals surface area contributed by atoms with E-state index in [1.165, 1.54) is 6.92 Å². The van der Waals surface area contributed by atoms with E-state index in [0.29, 0.717) is 5.56 Å². The fraction of sp³-hybridized carbons (Fsp3) is 0.320. The first kappa shape index (κ1) is 28.0. The molecule has 2 aromatic carbocycles. The minimum Gasteiger partial charge on any atom is -0.480 e. The summed E-state index contributed by atoms with van der Waals surface area (Å²) in [6, 6.07) is 13.2. The number of methoxy groups -OCH3 is 2. The third-order valence-electron chi connectivity index (χ3n) is 5.59. The molecule has 0 aliphatic carbocycles. The third-order valence-corrected chi connectivity index (χ3v) is 5.59. The molecule has 36 heavy (non-hydrogen) atoms. The molecule has 4 atom stereocenters. The summed E-state index contributed by atoms with van der Waals surface area (Å²) in [5, 5.41) is 25.4. The highest BCUT2D eigenvalue weighted by atomic mass is 16.5. The van der Waals surface area contributed by atoms with Crippen molar-refractivity contribution in [3.05, 3.63) is 71.8 Å². The highest BCUT2D eigenvalue weighted by molar-refractivity contribution is 5.97. The Balaban J connectivity index is 2.32. The quantitative estimate of drug-likeness (QED) is 0.256. The number of hydrogen-bond acceptors (Lipinski definition) is 8. The standard InChI is InChI=1S/C25H28N2O9/c1-14(17(24(33)35-2)25(34)36-3)18(23(31)32)26-22(30)20(28)19(15-10-6-4-7-11-15)27-21(29)16-12-8-5-9-13-16/h4-14,17-20,28H,1-3H3,(H,26,30)(H,27,29)(H,31,32)/t14-,18-,19+,20-/m1/s1. The number of rotatable bonds is 11. The van der Waals surface area contributed by atoms with Gasteiger partial charge in [0, 0.05) is 11.5 Å². The Kier molecular flexibility index (Phi) is 10.1. The van der Waals surface area contributed by atoms with Crippen LogP contribution >= 0.6 is 0 Å². The summed E-state index contributed by atoms with van der Waals surface area (Å²) in [5.41, 5.74) is 0.661. The second-order valence-corrected chi connectivity index (χ2v) is 7.88. The molecular weight excluding hydrogens is 472 g/mol. The predicted molar refractivity (Wildman–Crippen MR) is 125 cm³/mol. The lowest BCUT2D eigenvalue weighted by molar-refractivity contribution is -0.163. The number of ether oxygens (including phenoxy) is 2. The lowest BCUT2D eigenvalue weighted by Gasteiger charge is -2.29. The van der Waals surface area contributed by atoms with Gasteiger partial charge >= 0.3 is 17.9 Å². The predicted octanol–water partition coefficient (Wildman–Crippen LogP) is 0.686. The summed E-state index contributed by atoms with van der Waals surface area (Å²) < 4.78 is 9.16. The number of carboxylic acid groups (broad SMARTS) is 1. The van der Waals surface area contributed by atoms with Gasteiger partial charge in [-0.2, -0.15) is 0 Å². The van der Waals surface area contributed by atoms with Crippen molar-refractivity contribution >= 4 is 29.7 Å². The number of nitrogens with one attached hydrogen (secondary N) is 2. The Hall–Kier alpha value is -4.25. The molecule has 2 rings (SSSR count). The molecule has 0 heterocycles. The Labute approximate surface area is 207 Å². The lowest BCUT2D eigenvalue weighted by atomic mass is 9.87. The number of amides is 2. The van der Waals surface area contributed by atoms with Gasteiger partial charge in [-0.3, -0.25) is 19.2 Å². The van der Waals surface area contributed by atoms with Crippen molar-refractivity contribution in [2.75, 3.05) is 14.2 Å². The number of carboxylic acids is 1. The highest BCUT2D eigenvalue weighted by Gasteiger charge is 2.43. The number of benzene rings is 2. The molecule has 4 N–H and O–H groups in total. The smallest absolute Gasteiger partial charge is 0.326 e. The highest BCUT2D eigenvalue weighted by Crippen LogP contribution is 2.22. The Morgan fingerprint density at radius 2 is 1.31 bits per heavy atom. The summed E-state index contributed by atoms with van der Waals surface area (Å²) in [6.07, 6.45) is -1.93. The number of carbonyl (C=O) groups excluding carboxylic acids is 4. The fourth-order valence-electron chi connectivity index (χ4n) is 3.60. The molecule has 0 unspecified atom stereocenters. The third kappa shape index (κ3) is 6.89. The van der Waals surface area contributed by atoms with Crippen LogP contribution in [0, 0.1) is 11.8 Å². The van der Waals surface area contributed by atoms with Gasteiger partial charge in [0.05, 0.1) is 20.3 Å². The van der Waals surface area contributed by atoms with Crippen molar-refractivity contribution in [3.8, 4) is 0 Å². The van der Waals surface area contributed by atoms with E-state index in [4.69, 9.17) is 0 Å². The van der Waals surface area contributed by atoms with Crippen molar-refractivity contribution in [3.63, 3.8) is 0 Å². The van der Waals surface area contributed by atoms with Gasteiger partial charge in [-0.25, -0.2) is 4.79 Å². The van der Waals surface area contributed by atoms with E-state index in [0.717, 1.165) is 14.2 Å². The number of carbonyl (C=O) groups is 5. The van der Waals surface area contributed by atoms with Crippen LogP contribution in [0.1, 0.15) is 28.9 Å². The molecular formula is C25H28N2O9. The first-order valence-electron chi connectivity index (χ1n) is 10.9. The number of aliphatic hydroxyl groups excluding tert-OH is 1. The van der Waals surface area contributed by atoms with E-state index < -0.39 is 59.7 Å². The van der Waals surface area contributed by atoms with Crippen LogP contribution in [0.2, 0.25) is 0 Å². The van der Waals surface area contributed by atoms with Crippen molar-refractivity contribution in [1.82, 2.24) is 10.6 Å². The zero-order valence-electron chi connectivity index (χ0n) is 19.9. The van der Waals surface area contributed by atoms with E-state index in [1.54, 1.807) is 60.7 Å². The second-order valence-electron chi connectivity index (χ2n) is 7.88. The molecule has 192 valence electrons. The maximum absolute atomic E-state index is 13.0. The topological polar surface area (TPSA) is 168 Å². The first-order valence-corrected chi connectivity index (χ1v) is 10.9. The molecule has 11 heteroatoms. The molecule has 0 fully saturated rings. The number of esters is 2. The Morgan fingerprint density at radius 3 is 1.78 bits per heavy atom. The molecule has 2 amide bonds. The van der Waals surface area contributed by atoms with Crippen LogP contribution in [0.3, 0.4) is 0 Å². The van der Waals surface area contributed by atoms with Crippen LogP contribution in [0.5, 0.6) is 0 Å². The van der Waals surface area contributed by atoms with Crippen LogP contribution in [0.15, 0.2) is 60.7 Å². The number of hydrogen-bond donors (Lipinski definition) is 4. The van der Waals surface area contributed by atoms with Gasteiger partial charge in [0.1, 0.15) is 6.04 Å². The van der Waals surface area contributed by atoms with E-state index in [2.05, 4.69) is 20.1 Å². The maximum Gasteiger partial charge on any atom is 0.326 e. The van der Waals surface area contributed by atoms with Gasteiger partial charge in [-0.1, -0.05) is 55.5 Å². The zero-order valence-corrected chi connectivity index (χ0v) is 19.9. The largest absolute Gasteiger partial charge is 0.480 e. The summed E-state index contributed by atoms with van der Waals surface area (Å²) in [7, 11) is 2.03. The summed E-state index contributed by atoms with van der Waals surface area (Å²) in [6.45, 7) is 1.25. The van der Waals surface area contributed by atoms with E-state index in [-0.39, 0.29) is 5.56 Å². The van der Waals surface area contributed by atoms with Crippen molar-refractivity contribution in [2.45, 2.75) is 25.1 Å². The van der Waals surface area contributed by atoms with Crippen molar-refractivity contribution in [1.29, 1.82) is 0 Å². The molecule has 0 saturated carbocycles. The molecule has 0 aliphatic heterocycles. The molecule has 0 saturated heterocycles. The maximum atomic E-state index is 13.0. The van der Waals surface area contributed by atoms with E-state index in [9.17, 15) is 34.2 Å². The molecule has 0 aromatic heterocycles. The lowest BCUT2D eigenvalue weighted by Crippen LogP contribution is -2.54. The van der Waals surface area contributed by atoms with Crippen LogP contribution in [0.25, 0.3) is 0 Å². The van der Waals surface area contributed by atoms with Crippen molar-refractivity contribution < 1.29 is 43.7 Å². The van der Waals surface area contributed by atoms with Gasteiger partial charge in [0.15, 0.2) is 12.0 Å². The summed E-state index contributed by atoms with van der Waals surface area (Å²) >= 11 is 0. The van der Waals surface area contributed by atoms with Crippen LogP contribution < -0.4 is 10.6 Å². The minimum absolute atomic E-state index is 0.280. The summed E-state index contributed by atoms with van der Waals surface area (Å²) in [5.74, 6) is -8.35. The Bertz CT molecular complexity index is 1060. The van der Waals surface area contributed by atoms with E-state index in [1.807, 2.05) is 0 Å². The number of aliphatic carboxylic acids is 1. The van der Waals surface area contributed by atoms with Crippen LogP contribution in [0.4, 0.5) is 0 Å². The number of aliphatic hydroxyl groups is 1.